The number of hydrogen-bond acceptors (Lipinski definition) is 8. The molecule has 3 aliphatic rings. The molecule has 0 radical (unpaired) electrons. The minimum Gasteiger partial charge on any atom is -0.395 e. The number of aliphatic hydroxyl groups excluding tert-OH is 1. The zero-order chi connectivity index (χ0) is 26.3. The van der Waals surface area contributed by atoms with Gasteiger partial charge in [-0.05, 0) is 43.9 Å². The van der Waals surface area contributed by atoms with E-state index in [-0.39, 0.29) is 30.5 Å². The van der Waals surface area contributed by atoms with E-state index in [0.29, 0.717) is 43.5 Å². The van der Waals surface area contributed by atoms with E-state index in [1.54, 1.807) is 10.9 Å². The van der Waals surface area contributed by atoms with Crippen LogP contribution in [0.5, 0.6) is 0 Å². The Bertz CT molecular complexity index is 1370. The van der Waals surface area contributed by atoms with Crippen LogP contribution in [0.2, 0.25) is 0 Å². The van der Waals surface area contributed by atoms with Gasteiger partial charge in [0.15, 0.2) is 5.65 Å². The molecule has 2 aliphatic heterocycles. The highest BCUT2D eigenvalue weighted by atomic mass is 16.3. The van der Waals surface area contributed by atoms with Gasteiger partial charge in [0.1, 0.15) is 11.7 Å². The van der Waals surface area contributed by atoms with Gasteiger partial charge < -0.3 is 20.0 Å². The van der Waals surface area contributed by atoms with E-state index in [4.69, 9.17) is 0 Å². The molecule has 2 N–H and O–H groups in total. The van der Waals surface area contributed by atoms with E-state index in [1.165, 1.54) is 10.9 Å². The molecule has 4 heterocycles. The Morgan fingerprint density at radius 3 is 2.50 bits per heavy atom. The Morgan fingerprint density at radius 1 is 1.05 bits per heavy atom. The van der Waals surface area contributed by atoms with Crippen molar-refractivity contribution in [3.8, 4) is 5.69 Å². The molecule has 11 heteroatoms. The maximum atomic E-state index is 13.3. The molecule has 0 spiro atoms. The topological polar surface area (TPSA) is 120 Å². The van der Waals surface area contributed by atoms with Gasteiger partial charge in [-0.1, -0.05) is 6.07 Å². The lowest BCUT2D eigenvalue weighted by Gasteiger charge is -2.38. The van der Waals surface area contributed by atoms with E-state index >= 15 is 0 Å². The van der Waals surface area contributed by atoms with Crippen LogP contribution in [0.25, 0.3) is 16.7 Å². The number of carbonyl (C=O) groups excluding carboxylic acids is 1. The largest absolute Gasteiger partial charge is 0.395 e. The molecular formula is C27H35N7O4. The minimum atomic E-state index is -1.05. The van der Waals surface area contributed by atoms with Crippen molar-refractivity contribution >= 4 is 22.6 Å². The van der Waals surface area contributed by atoms with Gasteiger partial charge in [0, 0.05) is 57.4 Å². The summed E-state index contributed by atoms with van der Waals surface area (Å²) >= 11 is 0. The third-order valence-electron chi connectivity index (χ3n) is 8.18. The van der Waals surface area contributed by atoms with Crippen molar-refractivity contribution in [3.05, 3.63) is 47.1 Å². The zero-order valence-electron chi connectivity index (χ0n) is 21.6. The molecule has 0 atom stereocenters. The minimum absolute atomic E-state index is 0.142. The predicted octanol–water partition coefficient (Wildman–Crippen LogP) is 0.460. The molecular weight excluding hydrogens is 486 g/mol. The summed E-state index contributed by atoms with van der Waals surface area (Å²) in [5.74, 6) is 0.377. The summed E-state index contributed by atoms with van der Waals surface area (Å²) in [5.41, 5.74) is 1.10. The Kier molecular flexibility index (Phi) is 6.67. The number of amides is 1. The van der Waals surface area contributed by atoms with Crippen LogP contribution in [-0.4, -0.2) is 103 Å². The molecule has 0 bridgehead atoms. The number of aliphatic hydroxyl groups is 2. The number of benzene rings is 1. The first-order chi connectivity index (χ1) is 18.4. The Hall–Kier alpha value is -3.28. The van der Waals surface area contributed by atoms with Gasteiger partial charge in [-0.25, -0.2) is 9.67 Å². The third kappa shape index (κ3) is 4.93. The van der Waals surface area contributed by atoms with Crippen LogP contribution >= 0.6 is 0 Å². The molecule has 1 amide bonds. The summed E-state index contributed by atoms with van der Waals surface area (Å²) in [6.07, 6.45) is 5.86. The molecule has 1 aromatic carbocycles. The second kappa shape index (κ2) is 10.1. The number of anilines is 1. The van der Waals surface area contributed by atoms with Crippen LogP contribution in [-0.2, 0) is 11.3 Å². The first-order valence-corrected chi connectivity index (χ1v) is 13.6. The highest BCUT2D eigenvalue weighted by Gasteiger charge is 2.39. The fourth-order valence-electron chi connectivity index (χ4n) is 5.65. The van der Waals surface area contributed by atoms with E-state index in [0.717, 1.165) is 50.4 Å². The van der Waals surface area contributed by atoms with Crippen LogP contribution in [0.4, 0.5) is 5.69 Å². The van der Waals surface area contributed by atoms with Gasteiger partial charge in [0.2, 0.25) is 5.91 Å². The molecule has 0 unspecified atom stereocenters. The van der Waals surface area contributed by atoms with Gasteiger partial charge >= 0.3 is 0 Å². The summed E-state index contributed by atoms with van der Waals surface area (Å²) in [6, 6.07) is 8.06. The SMILES string of the molecule is O=C(C1CC1)N1CCC(O)(Cn2cnc3c(cnn3-c3cccc(N4CCN(CCO)CC4)c3)c2=O)CC1. The molecule has 3 fully saturated rings. The number of aromatic nitrogens is 4. The zero-order valence-corrected chi connectivity index (χ0v) is 21.6. The van der Waals surface area contributed by atoms with Crippen molar-refractivity contribution in [2.45, 2.75) is 37.8 Å². The van der Waals surface area contributed by atoms with Gasteiger partial charge in [-0.2, -0.15) is 5.10 Å². The van der Waals surface area contributed by atoms with Crippen LogP contribution in [0.1, 0.15) is 25.7 Å². The van der Waals surface area contributed by atoms with E-state index in [2.05, 4.69) is 32.0 Å². The Morgan fingerprint density at radius 2 is 1.79 bits per heavy atom. The monoisotopic (exact) mass is 521 g/mol. The van der Waals surface area contributed by atoms with Gasteiger partial charge in [-0.15, -0.1) is 0 Å². The highest BCUT2D eigenvalue weighted by Crippen LogP contribution is 2.33. The summed E-state index contributed by atoms with van der Waals surface area (Å²) in [4.78, 5) is 36.7. The number of piperazine rings is 1. The second-order valence-electron chi connectivity index (χ2n) is 10.9. The molecule has 2 saturated heterocycles. The van der Waals surface area contributed by atoms with Gasteiger partial charge in [-0.3, -0.25) is 19.1 Å². The maximum absolute atomic E-state index is 13.3. The fraction of sp³-hybridized carbons (Fsp3) is 0.556. The first-order valence-electron chi connectivity index (χ1n) is 13.6. The van der Waals surface area contributed by atoms with Crippen LogP contribution in [0.3, 0.4) is 0 Å². The van der Waals surface area contributed by atoms with E-state index in [1.807, 2.05) is 17.0 Å². The van der Waals surface area contributed by atoms with Gasteiger partial charge in [0.25, 0.3) is 5.56 Å². The number of hydrogen-bond donors (Lipinski definition) is 2. The lowest BCUT2D eigenvalue weighted by molar-refractivity contribution is -0.137. The lowest BCUT2D eigenvalue weighted by atomic mass is 9.91. The van der Waals surface area contributed by atoms with Crippen molar-refractivity contribution in [2.24, 2.45) is 5.92 Å². The summed E-state index contributed by atoms with van der Waals surface area (Å²) in [7, 11) is 0. The van der Waals surface area contributed by atoms with Crippen LogP contribution in [0.15, 0.2) is 41.6 Å². The van der Waals surface area contributed by atoms with Gasteiger partial charge in [0.05, 0.1) is 30.6 Å². The highest BCUT2D eigenvalue weighted by molar-refractivity contribution is 5.81. The van der Waals surface area contributed by atoms with E-state index < -0.39 is 5.60 Å². The van der Waals surface area contributed by atoms with Crippen LogP contribution in [0, 0.1) is 5.92 Å². The van der Waals surface area contributed by atoms with E-state index in [9.17, 15) is 19.8 Å². The predicted molar refractivity (Wildman–Crippen MR) is 142 cm³/mol. The van der Waals surface area contributed by atoms with Crippen molar-refractivity contribution in [1.82, 2.24) is 29.1 Å². The summed E-state index contributed by atoms with van der Waals surface area (Å²) < 4.78 is 3.15. The molecule has 38 heavy (non-hydrogen) atoms. The number of likely N-dealkylation sites (tertiary alicyclic amines) is 1. The summed E-state index contributed by atoms with van der Waals surface area (Å²) in [6.45, 7) is 5.60. The fourth-order valence-corrected chi connectivity index (χ4v) is 5.65. The number of fused-ring (bicyclic) bond motifs is 1. The summed E-state index contributed by atoms with van der Waals surface area (Å²) in [5, 5.41) is 25.3. The number of carbonyl (C=O) groups is 1. The number of β-amino-alcohol motifs (C(OH)–C–C–N with tert-alkyl or cyclic N) is 1. The number of rotatable bonds is 7. The molecule has 11 nitrogen and oxygen atoms in total. The standard InChI is InChI=1S/C27H35N7O4/c35-15-14-30-10-12-31(13-11-30)21-2-1-3-22(16-21)34-24-23(17-29-34)26(37)33(19-28-24)18-27(38)6-8-32(9-7-27)25(36)20-4-5-20/h1-3,16-17,19-20,35,38H,4-15,18H2. The maximum Gasteiger partial charge on any atom is 0.264 e. The first kappa shape index (κ1) is 25.0. The molecule has 1 saturated carbocycles. The average molecular weight is 522 g/mol. The number of piperidine rings is 1. The van der Waals surface area contributed by atoms with Crippen molar-refractivity contribution in [2.75, 3.05) is 57.3 Å². The Labute approximate surface area is 220 Å². The van der Waals surface area contributed by atoms with Crippen molar-refractivity contribution in [3.63, 3.8) is 0 Å². The van der Waals surface area contributed by atoms with Crippen molar-refractivity contribution in [1.29, 1.82) is 0 Å². The molecule has 3 aromatic rings. The molecule has 202 valence electrons. The second-order valence-corrected chi connectivity index (χ2v) is 10.9. The van der Waals surface area contributed by atoms with Crippen molar-refractivity contribution < 1.29 is 15.0 Å². The average Bonchev–Trinajstić information content (AvgIpc) is 3.70. The quantitative estimate of drug-likeness (QED) is 0.460. The normalized spacial score (nSPS) is 20.3. The molecule has 2 aromatic heterocycles. The van der Waals surface area contributed by atoms with Crippen LogP contribution < -0.4 is 10.5 Å². The third-order valence-corrected chi connectivity index (χ3v) is 8.18. The lowest BCUT2D eigenvalue weighted by Crippen LogP contribution is -2.50. The number of nitrogens with zero attached hydrogens (tertiary/aromatic N) is 7. The smallest absolute Gasteiger partial charge is 0.264 e. The molecule has 6 rings (SSSR count). The molecule has 1 aliphatic carbocycles. The Balaban J connectivity index is 1.18.